The first kappa shape index (κ1) is 14.6. The zero-order chi connectivity index (χ0) is 12.8. The summed E-state index contributed by atoms with van der Waals surface area (Å²) in [5, 5.41) is 20.0. The molecule has 0 saturated carbocycles. The van der Waals surface area contributed by atoms with Crippen molar-refractivity contribution in [1.29, 1.82) is 0 Å². The van der Waals surface area contributed by atoms with Gasteiger partial charge in [0.05, 0.1) is 12.2 Å². The van der Waals surface area contributed by atoms with Crippen LogP contribution in [0.15, 0.2) is 22.9 Å². The maximum atomic E-state index is 10.0. The van der Waals surface area contributed by atoms with E-state index in [1.165, 1.54) is 0 Å². The maximum Gasteiger partial charge on any atom is 0.0842 e. The molecule has 0 amide bonds. The molecule has 2 unspecified atom stereocenters. The highest BCUT2D eigenvalue weighted by Gasteiger charge is 2.23. The SMILES string of the molecule is CCC(CC)C(O)C(O)Cc1cncc(Br)c1. The molecule has 1 heterocycles. The van der Waals surface area contributed by atoms with Crippen molar-refractivity contribution in [3.05, 3.63) is 28.5 Å². The fourth-order valence-corrected chi connectivity index (χ4v) is 2.43. The number of hydrogen-bond donors (Lipinski definition) is 2. The Morgan fingerprint density at radius 3 is 2.41 bits per heavy atom. The van der Waals surface area contributed by atoms with E-state index in [9.17, 15) is 10.2 Å². The van der Waals surface area contributed by atoms with Crippen molar-refractivity contribution in [2.45, 2.75) is 45.3 Å². The third kappa shape index (κ3) is 4.37. The van der Waals surface area contributed by atoms with Crippen LogP contribution in [0.2, 0.25) is 0 Å². The quantitative estimate of drug-likeness (QED) is 0.849. The van der Waals surface area contributed by atoms with Crippen LogP contribution in [0.1, 0.15) is 32.3 Å². The Bertz CT molecular complexity index is 342. The summed E-state index contributed by atoms with van der Waals surface area (Å²) >= 11 is 3.34. The molecular formula is C13H20BrNO2. The second-order valence-electron chi connectivity index (χ2n) is 4.35. The summed E-state index contributed by atoms with van der Waals surface area (Å²) < 4.78 is 0.888. The molecule has 1 aromatic heterocycles. The molecular weight excluding hydrogens is 282 g/mol. The summed E-state index contributed by atoms with van der Waals surface area (Å²) in [6.45, 7) is 4.07. The van der Waals surface area contributed by atoms with E-state index in [-0.39, 0.29) is 5.92 Å². The monoisotopic (exact) mass is 301 g/mol. The number of aliphatic hydroxyl groups excluding tert-OH is 2. The fraction of sp³-hybridized carbons (Fsp3) is 0.615. The molecule has 0 saturated heterocycles. The number of hydrogen-bond acceptors (Lipinski definition) is 3. The number of rotatable bonds is 6. The van der Waals surface area contributed by atoms with Gasteiger partial charge in [-0.1, -0.05) is 26.7 Å². The van der Waals surface area contributed by atoms with Gasteiger partial charge in [-0.25, -0.2) is 0 Å². The van der Waals surface area contributed by atoms with Crippen molar-refractivity contribution in [3.63, 3.8) is 0 Å². The van der Waals surface area contributed by atoms with Gasteiger partial charge in [-0.15, -0.1) is 0 Å². The summed E-state index contributed by atoms with van der Waals surface area (Å²) in [6, 6.07) is 1.91. The van der Waals surface area contributed by atoms with Crippen LogP contribution in [0.25, 0.3) is 0 Å². The second kappa shape index (κ2) is 7.09. The molecule has 4 heteroatoms. The van der Waals surface area contributed by atoms with E-state index in [1.807, 2.05) is 19.9 Å². The van der Waals surface area contributed by atoms with E-state index >= 15 is 0 Å². The van der Waals surface area contributed by atoms with Gasteiger partial charge in [0.1, 0.15) is 0 Å². The molecule has 2 N–H and O–H groups in total. The lowest BCUT2D eigenvalue weighted by Crippen LogP contribution is -2.34. The number of aliphatic hydroxyl groups is 2. The molecule has 0 aromatic carbocycles. The van der Waals surface area contributed by atoms with E-state index in [1.54, 1.807) is 12.4 Å². The molecule has 1 aromatic rings. The minimum Gasteiger partial charge on any atom is -0.390 e. The summed E-state index contributed by atoms with van der Waals surface area (Å²) in [6.07, 6.45) is 4.22. The number of pyridine rings is 1. The van der Waals surface area contributed by atoms with Crippen LogP contribution in [0.5, 0.6) is 0 Å². The summed E-state index contributed by atoms with van der Waals surface area (Å²) in [5.41, 5.74) is 0.928. The van der Waals surface area contributed by atoms with Gasteiger partial charge in [0, 0.05) is 23.3 Å². The molecule has 2 atom stereocenters. The predicted octanol–water partition coefficient (Wildman–Crippen LogP) is 2.54. The molecule has 0 aliphatic heterocycles. The lowest BCUT2D eigenvalue weighted by atomic mass is 9.90. The number of halogens is 1. The largest absolute Gasteiger partial charge is 0.390 e. The Morgan fingerprint density at radius 1 is 1.24 bits per heavy atom. The highest BCUT2D eigenvalue weighted by molar-refractivity contribution is 9.10. The van der Waals surface area contributed by atoms with E-state index in [0.717, 1.165) is 22.9 Å². The van der Waals surface area contributed by atoms with Crippen molar-refractivity contribution in [2.75, 3.05) is 0 Å². The second-order valence-corrected chi connectivity index (χ2v) is 5.27. The predicted molar refractivity (Wildman–Crippen MR) is 71.7 cm³/mol. The maximum absolute atomic E-state index is 10.0. The first-order chi connectivity index (χ1) is 8.08. The molecule has 0 spiro atoms. The normalized spacial score (nSPS) is 14.9. The van der Waals surface area contributed by atoms with Crippen LogP contribution >= 0.6 is 15.9 Å². The Kier molecular flexibility index (Phi) is 6.09. The van der Waals surface area contributed by atoms with Gasteiger partial charge in [-0.3, -0.25) is 4.98 Å². The summed E-state index contributed by atoms with van der Waals surface area (Å²) in [5.74, 6) is 0.158. The van der Waals surface area contributed by atoms with Gasteiger partial charge in [0.25, 0.3) is 0 Å². The zero-order valence-corrected chi connectivity index (χ0v) is 11.9. The highest BCUT2D eigenvalue weighted by Crippen LogP contribution is 2.19. The standard InChI is InChI=1S/C13H20BrNO2/c1-3-10(4-2)13(17)12(16)6-9-5-11(14)8-15-7-9/h5,7-8,10,12-13,16-17H,3-4,6H2,1-2H3. The molecule has 1 rings (SSSR count). The Morgan fingerprint density at radius 2 is 1.88 bits per heavy atom. The van der Waals surface area contributed by atoms with Crippen LogP contribution in [0.4, 0.5) is 0 Å². The Hall–Kier alpha value is -0.450. The van der Waals surface area contributed by atoms with Crippen LogP contribution in [-0.4, -0.2) is 27.4 Å². The smallest absolute Gasteiger partial charge is 0.0842 e. The van der Waals surface area contributed by atoms with Gasteiger partial charge in [-0.05, 0) is 33.5 Å². The molecule has 3 nitrogen and oxygen atoms in total. The van der Waals surface area contributed by atoms with Crippen LogP contribution in [0, 0.1) is 5.92 Å². The topological polar surface area (TPSA) is 53.4 Å². The Labute approximate surface area is 111 Å². The van der Waals surface area contributed by atoms with Crippen molar-refractivity contribution in [3.8, 4) is 0 Å². The summed E-state index contributed by atoms with van der Waals surface area (Å²) in [7, 11) is 0. The minimum atomic E-state index is -0.726. The van der Waals surface area contributed by atoms with Gasteiger partial charge < -0.3 is 10.2 Å². The molecule has 0 radical (unpaired) electrons. The molecule has 0 bridgehead atoms. The van der Waals surface area contributed by atoms with Gasteiger partial charge in [0.15, 0.2) is 0 Å². The van der Waals surface area contributed by atoms with Crippen LogP contribution < -0.4 is 0 Å². The van der Waals surface area contributed by atoms with Gasteiger partial charge in [-0.2, -0.15) is 0 Å². The first-order valence-electron chi connectivity index (χ1n) is 6.04. The van der Waals surface area contributed by atoms with Crippen LogP contribution in [-0.2, 0) is 6.42 Å². The van der Waals surface area contributed by atoms with Crippen molar-refractivity contribution >= 4 is 15.9 Å². The highest BCUT2D eigenvalue weighted by atomic mass is 79.9. The van der Waals surface area contributed by atoms with Gasteiger partial charge in [0.2, 0.25) is 0 Å². The van der Waals surface area contributed by atoms with E-state index in [2.05, 4.69) is 20.9 Å². The molecule has 17 heavy (non-hydrogen) atoms. The molecule has 0 aliphatic rings. The molecule has 0 aliphatic carbocycles. The Balaban J connectivity index is 2.62. The number of aromatic nitrogens is 1. The third-order valence-corrected chi connectivity index (χ3v) is 3.57. The average molecular weight is 302 g/mol. The van der Waals surface area contributed by atoms with Crippen molar-refractivity contribution in [2.24, 2.45) is 5.92 Å². The minimum absolute atomic E-state index is 0.158. The first-order valence-corrected chi connectivity index (χ1v) is 6.83. The van der Waals surface area contributed by atoms with E-state index in [0.29, 0.717) is 6.42 Å². The molecule has 0 fully saturated rings. The van der Waals surface area contributed by atoms with Crippen molar-refractivity contribution < 1.29 is 10.2 Å². The zero-order valence-electron chi connectivity index (χ0n) is 10.3. The van der Waals surface area contributed by atoms with E-state index < -0.39 is 12.2 Å². The van der Waals surface area contributed by atoms with E-state index in [4.69, 9.17) is 0 Å². The van der Waals surface area contributed by atoms with Gasteiger partial charge >= 0.3 is 0 Å². The number of nitrogens with zero attached hydrogens (tertiary/aromatic N) is 1. The van der Waals surface area contributed by atoms with Crippen molar-refractivity contribution in [1.82, 2.24) is 4.98 Å². The van der Waals surface area contributed by atoms with Crippen LogP contribution in [0.3, 0.4) is 0 Å². The third-order valence-electron chi connectivity index (χ3n) is 3.13. The summed E-state index contributed by atoms with van der Waals surface area (Å²) in [4.78, 5) is 4.04. The lowest BCUT2D eigenvalue weighted by Gasteiger charge is -2.25. The average Bonchev–Trinajstić information content (AvgIpc) is 2.30. The fourth-order valence-electron chi connectivity index (χ4n) is 2.02. The lowest BCUT2D eigenvalue weighted by molar-refractivity contribution is -0.0188. The molecule has 96 valence electrons.